The molecule has 0 aliphatic carbocycles. The van der Waals surface area contributed by atoms with E-state index in [4.69, 9.17) is 21.1 Å². The first kappa shape index (κ1) is 23.8. The van der Waals surface area contributed by atoms with Crippen molar-refractivity contribution in [3.05, 3.63) is 66.4 Å². The topological polar surface area (TPSA) is 72.9 Å². The molecule has 1 aliphatic heterocycles. The summed E-state index contributed by atoms with van der Waals surface area (Å²) in [7, 11) is 0. The summed E-state index contributed by atoms with van der Waals surface area (Å²) in [5, 5.41) is 0.104. The third-order valence-electron chi connectivity index (χ3n) is 4.11. The van der Waals surface area contributed by atoms with Crippen molar-refractivity contribution in [2.75, 3.05) is 13.2 Å². The Labute approximate surface area is 205 Å². The zero-order valence-electron chi connectivity index (χ0n) is 16.2. The average molecular weight is 590 g/mol. The van der Waals surface area contributed by atoms with Crippen LogP contribution in [0.2, 0.25) is 5.02 Å². The summed E-state index contributed by atoms with van der Waals surface area (Å²) in [4.78, 5) is 37.4. The third-order valence-corrected chi connectivity index (χ3v) is 6.57. The molecule has 1 aliphatic rings. The van der Waals surface area contributed by atoms with Crippen LogP contribution in [0.4, 0.5) is 4.79 Å². The molecule has 162 valence electrons. The van der Waals surface area contributed by atoms with Crippen molar-refractivity contribution >= 4 is 78.4 Å². The molecule has 1 fully saturated rings. The Hall–Kier alpha value is -1.81. The summed E-state index contributed by atoms with van der Waals surface area (Å²) in [6.07, 6.45) is 1.59. The van der Waals surface area contributed by atoms with Crippen LogP contribution >= 0.6 is 55.2 Å². The minimum absolute atomic E-state index is 0.178. The molecule has 31 heavy (non-hydrogen) atoms. The molecule has 1 saturated heterocycles. The number of esters is 1. The van der Waals surface area contributed by atoms with Crippen LogP contribution in [-0.2, 0) is 20.9 Å². The zero-order valence-corrected chi connectivity index (χ0v) is 20.9. The van der Waals surface area contributed by atoms with Gasteiger partial charge in [-0.15, -0.1) is 0 Å². The number of imide groups is 1. The Morgan fingerprint density at radius 3 is 2.52 bits per heavy atom. The molecule has 0 saturated carbocycles. The van der Waals surface area contributed by atoms with Gasteiger partial charge in [0.1, 0.15) is 18.9 Å². The molecule has 6 nitrogen and oxygen atoms in total. The van der Waals surface area contributed by atoms with Crippen LogP contribution in [0, 0.1) is 0 Å². The molecule has 2 aromatic rings. The highest BCUT2D eigenvalue weighted by molar-refractivity contribution is 9.11. The van der Waals surface area contributed by atoms with Gasteiger partial charge in [0.2, 0.25) is 0 Å². The number of rotatable bonds is 7. The van der Waals surface area contributed by atoms with Crippen LogP contribution < -0.4 is 4.74 Å². The fraction of sp³-hybridized carbons (Fsp3) is 0.190. The second-order valence-electron chi connectivity index (χ2n) is 6.27. The Bertz CT molecular complexity index is 1050. The van der Waals surface area contributed by atoms with Crippen molar-refractivity contribution in [1.82, 2.24) is 4.90 Å². The summed E-state index contributed by atoms with van der Waals surface area (Å²) in [5.41, 5.74) is 1.52. The first-order chi connectivity index (χ1) is 14.8. The van der Waals surface area contributed by atoms with Crippen molar-refractivity contribution in [2.45, 2.75) is 13.5 Å². The van der Waals surface area contributed by atoms with E-state index in [0.29, 0.717) is 25.3 Å². The summed E-state index contributed by atoms with van der Waals surface area (Å²) in [6.45, 7) is 1.71. The molecule has 0 radical (unpaired) electrons. The fourth-order valence-corrected chi connectivity index (χ4v) is 5.17. The van der Waals surface area contributed by atoms with Gasteiger partial charge in [-0.2, -0.15) is 0 Å². The van der Waals surface area contributed by atoms with E-state index in [1.165, 1.54) is 0 Å². The number of hydrogen-bond acceptors (Lipinski definition) is 6. The molecule has 10 heteroatoms. The van der Waals surface area contributed by atoms with Gasteiger partial charge in [-0.05, 0) is 80.4 Å². The molecule has 0 bridgehead atoms. The quantitative estimate of drug-likeness (QED) is 0.290. The van der Waals surface area contributed by atoms with Crippen molar-refractivity contribution in [3.8, 4) is 5.75 Å². The minimum Gasteiger partial charge on any atom is -0.486 e. The predicted octanol–water partition coefficient (Wildman–Crippen LogP) is 6.04. The lowest BCUT2D eigenvalue weighted by atomic mass is 10.2. The Kier molecular flexibility index (Phi) is 8.21. The number of carbonyl (C=O) groups is 3. The molecule has 3 rings (SSSR count). The van der Waals surface area contributed by atoms with Gasteiger partial charge < -0.3 is 9.47 Å². The second kappa shape index (κ2) is 10.7. The maximum atomic E-state index is 12.5. The summed E-state index contributed by atoms with van der Waals surface area (Å²) >= 11 is 13.9. The number of ether oxygens (including phenoxy) is 2. The largest absolute Gasteiger partial charge is 0.486 e. The standard InChI is InChI=1S/C21H16Br2ClNO5S/c1-2-29-18(26)10-25-20(27)17(31-21(25)28)9-12-7-14(22)19(15(23)8-12)30-11-13-5-3-4-6-16(13)24/h3-9H,2,10-11H2,1H3/b17-9-. The van der Waals surface area contributed by atoms with Gasteiger partial charge in [-0.3, -0.25) is 19.3 Å². The maximum absolute atomic E-state index is 12.5. The van der Waals surface area contributed by atoms with Gasteiger partial charge in [0, 0.05) is 10.6 Å². The summed E-state index contributed by atoms with van der Waals surface area (Å²) in [5.74, 6) is -0.585. The van der Waals surface area contributed by atoms with Crippen molar-refractivity contribution in [2.24, 2.45) is 0 Å². The smallest absolute Gasteiger partial charge is 0.326 e. The SMILES string of the molecule is CCOC(=O)CN1C(=O)S/C(=C\c2cc(Br)c(OCc3ccccc3Cl)c(Br)c2)C1=O. The van der Waals surface area contributed by atoms with Gasteiger partial charge in [-0.1, -0.05) is 29.8 Å². The lowest BCUT2D eigenvalue weighted by Crippen LogP contribution is -2.34. The number of carbonyl (C=O) groups excluding carboxylic acids is 3. The summed E-state index contributed by atoms with van der Waals surface area (Å²) in [6, 6.07) is 10.9. The molecule has 0 spiro atoms. The van der Waals surface area contributed by atoms with E-state index in [2.05, 4.69) is 31.9 Å². The molecule has 0 unspecified atom stereocenters. The highest BCUT2D eigenvalue weighted by Crippen LogP contribution is 2.38. The van der Waals surface area contributed by atoms with Gasteiger partial charge in [0.25, 0.3) is 11.1 Å². The zero-order chi connectivity index (χ0) is 22.5. The van der Waals surface area contributed by atoms with Crippen LogP contribution in [0.1, 0.15) is 18.1 Å². The molecule has 2 aromatic carbocycles. The number of halogens is 3. The lowest BCUT2D eigenvalue weighted by molar-refractivity contribution is -0.145. The first-order valence-corrected chi connectivity index (χ1v) is 11.8. The Balaban J connectivity index is 1.76. The van der Waals surface area contributed by atoms with E-state index < -0.39 is 23.7 Å². The third kappa shape index (κ3) is 5.91. The highest BCUT2D eigenvalue weighted by Gasteiger charge is 2.36. The number of amides is 2. The van der Waals surface area contributed by atoms with Crippen molar-refractivity contribution < 1.29 is 23.9 Å². The van der Waals surface area contributed by atoms with Gasteiger partial charge >= 0.3 is 5.97 Å². The van der Waals surface area contributed by atoms with E-state index in [1.807, 2.05) is 18.2 Å². The van der Waals surface area contributed by atoms with Crippen LogP contribution in [0.15, 0.2) is 50.2 Å². The Morgan fingerprint density at radius 1 is 1.19 bits per heavy atom. The monoisotopic (exact) mass is 587 g/mol. The number of hydrogen-bond donors (Lipinski definition) is 0. The number of benzene rings is 2. The number of nitrogens with zero attached hydrogens (tertiary/aromatic N) is 1. The summed E-state index contributed by atoms with van der Waals surface area (Å²) < 4.78 is 12.0. The predicted molar refractivity (Wildman–Crippen MR) is 127 cm³/mol. The van der Waals surface area contributed by atoms with Crippen LogP contribution in [0.3, 0.4) is 0 Å². The van der Waals surface area contributed by atoms with Crippen LogP contribution in [-0.4, -0.2) is 35.2 Å². The molecule has 1 heterocycles. The van der Waals surface area contributed by atoms with E-state index in [1.54, 1.807) is 31.2 Å². The van der Waals surface area contributed by atoms with E-state index in [-0.39, 0.29) is 18.1 Å². The molecule has 0 aromatic heterocycles. The van der Waals surface area contributed by atoms with Gasteiger partial charge in [0.05, 0.1) is 20.5 Å². The van der Waals surface area contributed by atoms with Crippen molar-refractivity contribution in [1.29, 1.82) is 0 Å². The minimum atomic E-state index is -0.628. The van der Waals surface area contributed by atoms with E-state index in [9.17, 15) is 14.4 Å². The highest BCUT2D eigenvalue weighted by atomic mass is 79.9. The second-order valence-corrected chi connectivity index (χ2v) is 9.38. The van der Waals surface area contributed by atoms with Gasteiger partial charge in [-0.25, -0.2) is 0 Å². The molecule has 2 amide bonds. The average Bonchev–Trinajstić information content (AvgIpc) is 2.96. The Morgan fingerprint density at radius 2 is 1.87 bits per heavy atom. The van der Waals surface area contributed by atoms with Gasteiger partial charge in [0.15, 0.2) is 0 Å². The normalized spacial score (nSPS) is 15.0. The van der Waals surface area contributed by atoms with Crippen LogP contribution in [0.25, 0.3) is 6.08 Å². The molecular formula is C21H16Br2ClNO5S. The maximum Gasteiger partial charge on any atom is 0.326 e. The lowest BCUT2D eigenvalue weighted by Gasteiger charge is -2.12. The number of thioether (sulfide) groups is 1. The van der Waals surface area contributed by atoms with E-state index in [0.717, 1.165) is 22.2 Å². The first-order valence-electron chi connectivity index (χ1n) is 9.06. The molecular weight excluding hydrogens is 574 g/mol. The van der Waals surface area contributed by atoms with Crippen molar-refractivity contribution in [3.63, 3.8) is 0 Å². The fourth-order valence-electron chi connectivity index (χ4n) is 2.69. The van der Waals surface area contributed by atoms with E-state index >= 15 is 0 Å². The molecule has 0 atom stereocenters. The van der Waals surface area contributed by atoms with Crippen LogP contribution in [0.5, 0.6) is 5.75 Å². The molecule has 0 N–H and O–H groups in total.